The molecule has 4 rings (SSSR count). The number of methoxy groups -OCH3 is 1. The van der Waals surface area contributed by atoms with Crippen LogP contribution in [0.5, 0.6) is 11.5 Å². The predicted molar refractivity (Wildman–Crippen MR) is 108 cm³/mol. The topological polar surface area (TPSA) is 91.2 Å². The Hall–Kier alpha value is -3.42. The van der Waals surface area contributed by atoms with Crippen LogP contribution in [0.3, 0.4) is 0 Å². The normalized spacial score (nSPS) is 15.8. The summed E-state index contributed by atoms with van der Waals surface area (Å²) in [4.78, 5) is 21.0. The first kappa shape index (κ1) is 18.9. The van der Waals surface area contributed by atoms with E-state index in [1.54, 1.807) is 30.3 Å². The molecule has 3 heterocycles. The predicted octanol–water partition coefficient (Wildman–Crippen LogP) is 3.24. The summed E-state index contributed by atoms with van der Waals surface area (Å²) in [6.07, 6.45) is 3.65. The molecule has 1 amide bonds. The van der Waals surface area contributed by atoms with Crippen molar-refractivity contribution in [1.82, 2.24) is 19.7 Å². The van der Waals surface area contributed by atoms with Crippen LogP contribution in [0.2, 0.25) is 0 Å². The first-order chi connectivity index (χ1) is 14.0. The van der Waals surface area contributed by atoms with E-state index in [-0.39, 0.29) is 17.9 Å². The maximum absolute atomic E-state index is 12.5. The first-order valence-electron chi connectivity index (χ1n) is 9.49. The number of benzene rings is 1. The number of hydrogen-bond donors (Lipinski definition) is 1. The maximum Gasteiger partial charge on any atom is 0.252 e. The van der Waals surface area contributed by atoms with Gasteiger partial charge in [0, 0.05) is 30.3 Å². The lowest BCUT2D eigenvalue weighted by atomic mass is 9.85. The molecule has 0 bridgehead atoms. The van der Waals surface area contributed by atoms with Crippen LogP contribution in [-0.4, -0.2) is 38.9 Å². The van der Waals surface area contributed by atoms with Gasteiger partial charge in [0.2, 0.25) is 5.91 Å². The molecule has 29 heavy (non-hydrogen) atoms. The van der Waals surface area contributed by atoms with Crippen LogP contribution in [-0.2, 0) is 4.79 Å². The van der Waals surface area contributed by atoms with Crippen molar-refractivity contribution >= 4 is 11.7 Å². The van der Waals surface area contributed by atoms with E-state index in [0.717, 1.165) is 16.8 Å². The van der Waals surface area contributed by atoms with Crippen molar-refractivity contribution < 1.29 is 14.3 Å². The monoisotopic (exact) mass is 393 g/mol. The molecule has 1 aromatic carbocycles. The zero-order valence-electron chi connectivity index (χ0n) is 16.8. The second-order valence-corrected chi connectivity index (χ2v) is 7.19. The Morgan fingerprint density at radius 3 is 2.66 bits per heavy atom. The van der Waals surface area contributed by atoms with Crippen LogP contribution in [0.15, 0.2) is 36.7 Å². The Kier molecular flexibility index (Phi) is 4.92. The van der Waals surface area contributed by atoms with Gasteiger partial charge in [-0.05, 0) is 44.5 Å². The highest BCUT2D eigenvalue weighted by atomic mass is 16.5. The third kappa shape index (κ3) is 3.53. The van der Waals surface area contributed by atoms with E-state index in [2.05, 4.69) is 20.4 Å². The second-order valence-electron chi connectivity index (χ2n) is 7.19. The number of carbonyl (C=O) groups excluding carboxylic acids is 1. The van der Waals surface area contributed by atoms with Crippen molar-refractivity contribution in [3.8, 4) is 17.4 Å². The van der Waals surface area contributed by atoms with Crippen molar-refractivity contribution in [2.45, 2.75) is 39.2 Å². The van der Waals surface area contributed by atoms with Crippen LogP contribution >= 0.6 is 0 Å². The number of hydrogen-bond acceptors (Lipinski definition) is 6. The average Bonchev–Trinajstić information content (AvgIpc) is 3.04. The molecule has 1 unspecified atom stereocenters. The highest BCUT2D eigenvalue weighted by Gasteiger charge is 2.33. The van der Waals surface area contributed by atoms with Crippen molar-refractivity contribution in [1.29, 1.82) is 0 Å². The summed E-state index contributed by atoms with van der Waals surface area (Å²) in [6.45, 7) is 5.86. The molecule has 0 radical (unpaired) electrons. The van der Waals surface area contributed by atoms with Crippen LogP contribution in [0, 0.1) is 6.92 Å². The summed E-state index contributed by atoms with van der Waals surface area (Å²) in [5, 5.41) is 7.53. The Morgan fingerprint density at radius 1 is 1.21 bits per heavy atom. The van der Waals surface area contributed by atoms with Gasteiger partial charge in [0.1, 0.15) is 5.82 Å². The summed E-state index contributed by atoms with van der Waals surface area (Å²) >= 11 is 0. The quantitative estimate of drug-likeness (QED) is 0.716. The number of carbonyl (C=O) groups is 1. The van der Waals surface area contributed by atoms with Crippen molar-refractivity contribution in [3.05, 3.63) is 53.5 Å². The lowest BCUT2D eigenvalue weighted by Gasteiger charge is -2.25. The highest BCUT2D eigenvalue weighted by Crippen LogP contribution is 2.42. The minimum Gasteiger partial charge on any atom is -0.493 e. The second kappa shape index (κ2) is 7.54. The summed E-state index contributed by atoms with van der Waals surface area (Å²) in [7, 11) is 1.61. The number of anilines is 1. The molecule has 8 nitrogen and oxygen atoms in total. The van der Waals surface area contributed by atoms with Gasteiger partial charge in [-0.2, -0.15) is 9.78 Å². The molecule has 150 valence electrons. The highest BCUT2D eigenvalue weighted by molar-refractivity contribution is 5.95. The Bertz CT molecular complexity index is 1050. The molecule has 8 heteroatoms. The number of nitrogens with zero attached hydrogens (tertiary/aromatic N) is 4. The van der Waals surface area contributed by atoms with Gasteiger partial charge >= 0.3 is 0 Å². The van der Waals surface area contributed by atoms with Gasteiger partial charge in [0.15, 0.2) is 11.5 Å². The summed E-state index contributed by atoms with van der Waals surface area (Å²) in [6, 6.07) is 7.53. The van der Waals surface area contributed by atoms with Crippen LogP contribution in [0.25, 0.3) is 5.95 Å². The lowest BCUT2D eigenvalue weighted by Crippen LogP contribution is -2.25. The molecule has 0 saturated carbocycles. The summed E-state index contributed by atoms with van der Waals surface area (Å²) in [5.74, 6) is 2.10. The van der Waals surface area contributed by atoms with E-state index >= 15 is 0 Å². The Labute approximate surface area is 168 Å². The molecule has 2 aromatic heterocycles. The van der Waals surface area contributed by atoms with E-state index in [0.29, 0.717) is 29.7 Å². The molecule has 0 fully saturated rings. The van der Waals surface area contributed by atoms with E-state index in [9.17, 15) is 4.79 Å². The molecule has 1 atom stereocenters. The maximum atomic E-state index is 12.5. The molecule has 3 aromatic rings. The third-order valence-electron chi connectivity index (χ3n) is 4.80. The number of aryl methyl sites for hydroxylation is 1. The van der Waals surface area contributed by atoms with E-state index < -0.39 is 0 Å². The Balaban J connectivity index is 1.80. The first-order valence-corrected chi connectivity index (χ1v) is 9.49. The molecular weight excluding hydrogens is 370 g/mol. The van der Waals surface area contributed by atoms with Crippen molar-refractivity contribution in [2.75, 3.05) is 12.4 Å². The van der Waals surface area contributed by atoms with Crippen LogP contribution in [0.4, 0.5) is 5.82 Å². The zero-order chi connectivity index (χ0) is 20.5. The fourth-order valence-corrected chi connectivity index (χ4v) is 3.63. The lowest BCUT2D eigenvalue weighted by molar-refractivity contribution is -0.116. The van der Waals surface area contributed by atoms with E-state index in [4.69, 9.17) is 9.47 Å². The van der Waals surface area contributed by atoms with Gasteiger partial charge < -0.3 is 14.8 Å². The van der Waals surface area contributed by atoms with Crippen molar-refractivity contribution in [2.24, 2.45) is 0 Å². The van der Waals surface area contributed by atoms with Gasteiger partial charge in [-0.1, -0.05) is 6.07 Å². The summed E-state index contributed by atoms with van der Waals surface area (Å²) < 4.78 is 12.9. The van der Waals surface area contributed by atoms with Gasteiger partial charge in [-0.3, -0.25) is 4.79 Å². The average molecular weight is 393 g/mol. The van der Waals surface area contributed by atoms with E-state index in [1.807, 2.05) is 39.0 Å². The summed E-state index contributed by atoms with van der Waals surface area (Å²) in [5.41, 5.74) is 2.74. The number of fused-ring (bicyclic) bond motifs is 1. The zero-order valence-corrected chi connectivity index (χ0v) is 16.8. The van der Waals surface area contributed by atoms with Gasteiger partial charge in [0.05, 0.1) is 18.9 Å². The minimum atomic E-state index is -0.154. The third-order valence-corrected chi connectivity index (χ3v) is 4.80. The molecule has 0 aliphatic carbocycles. The minimum absolute atomic E-state index is 0.0353. The van der Waals surface area contributed by atoms with Crippen LogP contribution in [0.1, 0.15) is 43.0 Å². The molecule has 1 aliphatic heterocycles. The largest absolute Gasteiger partial charge is 0.493 e. The molecule has 1 aliphatic rings. The van der Waals surface area contributed by atoms with Gasteiger partial charge in [0.25, 0.3) is 5.95 Å². The van der Waals surface area contributed by atoms with Gasteiger partial charge in [-0.25, -0.2) is 9.97 Å². The number of nitrogens with one attached hydrogen (secondary N) is 1. The fraction of sp³-hybridized carbons (Fsp3) is 0.333. The number of amides is 1. The SMILES string of the molecule is COc1cc(C2CC(=O)Nc3c2c(C)nn3-c2ncccn2)ccc1OC(C)C. The molecule has 0 saturated heterocycles. The molecule has 1 N–H and O–H groups in total. The number of aromatic nitrogens is 4. The Morgan fingerprint density at radius 2 is 1.97 bits per heavy atom. The number of ether oxygens (including phenoxy) is 2. The fourth-order valence-electron chi connectivity index (χ4n) is 3.63. The van der Waals surface area contributed by atoms with Crippen LogP contribution < -0.4 is 14.8 Å². The van der Waals surface area contributed by atoms with Gasteiger partial charge in [-0.15, -0.1) is 0 Å². The molecule has 0 spiro atoms. The standard InChI is InChI=1S/C21H23N5O3/c1-12(2)29-16-7-6-14(10-17(16)28-4)15-11-18(27)24-20-19(15)13(3)25-26(20)21-22-8-5-9-23-21/h5-10,12,15H,11H2,1-4H3,(H,24,27). The van der Waals surface area contributed by atoms with Crippen molar-refractivity contribution in [3.63, 3.8) is 0 Å². The van der Waals surface area contributed by atoms with E-state index in [1.165, 1.54) is 0 Å². The number of rotatable bonds is 5. The smallest absolute Gasteiger partial charge is 0.252 e. The molecular formula is C21H23N5O3.